The maximum atomic E-state index is 4.73. The summed E-state index contributed by atoms with van der Waals surface area (Å²) < 4.78 is 0. The Labute approximate surface area is 133 Å². The summed E-state index contributed by atoms with van der Waals surface area (Å²) in [6.07, 6.45) is 3.70. The Morgan fingerprint density at radius 1 is 1.05 bits per heavy atom. The van der Waals surface area contributed by atoms with Crippen LogP contribution >= 0.6 is 0 Å². The SMILES string of the molecule is Cc1ccc(-c2n[nH]c(CC3C(C)CC(C)CC3C)n2)cc1. The number of nitrogens with zero attached hydrogens (tertiary/aromatic N) is 2. The predicted molar refractivity (Wildman–Crippen MR) is 90.5 cm³/mol. The average Bonchev–Trinajstić information content (AvgIpc) is 2.92. The third-order valence-corrected chi connectivity index (χ3v) is 5.28. The molecule has 2 aromatic rings. The highest BCUT2D eigenvalue weighted by Gasteiger charge is 2.31. The van der Waals surface area contributed by atoms with Crippen LogP contribution in [-0.2, 0) is 6.42 Å². The Kier molecular flexibility index (Phi) is 4.32. The molecule has 22 heavy (non-hydrogen) atoms. The first-order chi connectivity index (χ1) is 10.5. The van der Waals surface area contributed by atoms with Crippen LogP contribution in [0.15, 0.2) is 24.3 Å². The van der Waals surface area contributed by atoms with Crippen molar-refractivity contribution < 1.29 is 0 Å². The molecule has 0 amide bonds. The Hall–Kier alpha value is -1.64. The maximum Gasteiger partial charge on any atom is 0.181 e. The highest BCUT2D eigenvalue weighted by molar-refractivity contribution is 5.54. The van der Waals surface area contributed by atoms with Gasteiger partial charge in [0.1, 0.15) is 5.82 Å². The lowest BCUT2D eigenvalue weighted by Gasteiger charge is -2.37. The molecule has 3 rings (SSSR count). The number of aryl methyl sites for hydroxylation is 1. The molecule has 1 heterocycles. The van der Waals surface area contributed by atoms with Crippen LogP contribution in [0, 0.1) is 30.6 Å². The molecule has 0 saturated heterocycles. The van der Waals surface area contributed by atoms with Crippen molar-refractivity contribution >= 4 is 0 Å². The van der Waals surface area contributed by atoms with E-state index in [0.717, 1.165) is 47.3 Å². The maximum absolute atomic E-state index is 4.73. The van der Waals surface area contributed by atoms with E-state index in [4.69, 9.17) is 4.98 Å². The van der Waals surface area contributed by atoms with Gasteiger partial charge in [-0.1, -0.05) is 50.6 Å². The van der Waals surface area contributed by atoms with E-state index in [-0.39, 0.29) is 0 Å². The van der Waals surface area contributed by atoms with Gasteiger partial charge >= 0.3 is 0 Å². The Bertz CT molecular complexity index is 602. The first kappa shape index (κ1) is 15.3. The second-order valence-electron chi connectivity index (χ2n) is 7.37. The van der Waals surface area contributed by atoms with Gasteiger partial charge in [0.15, 0.2) is 5.82 Å². The number of benzene rings is 1. The summed E-state index contributed by atoms with van der Waals surface area (Å²) in [6.45, 7) is 9.27. The molecule has 1 fully saturated rings. The smallest absolute Gasteiger partial charge is 0.181 e. The zero-order chi connectivity index (χ0) is 15.7. The highest BCUT2D eigenvalue weighted by atomic mass is 15.2. The van der Waals surface area contributed by atoms with Crippen molar-refractivity contribution in [1.29, 1.82) is 0 Å². The molecular weight excluding hydrogens is 270 g/mol. The standard InChI is InChI=1S/C19H27N3/c1-12-5-7-16(8-6-12)19-20-18(21-22-19)11-17-14(3)9-13(2)10-15(17)4/h5-8,13-15,17H,9-11H2,1-4H3,(H,20,21,22). The Morgan fingerprint density at radius 2 is 1.68 bits per heavy atom. The molecule has 1 N–H and O–H groups in total. The van der Waals surface area contributed by atoms with Gasteiger partial charge in [0.2, 0.25) is 0 Å². The molecule has 3 nitrogen and oxygen atoms in total. The van der Waals surface area contributed by atoms with Crippen molar-refractivity contribution in [2.24, 2.45) is 23.7 Å². The number of rotatable bonds is 3. The highest BCUT2D eigenvalue weighted by Crippen LogP contribution is 2.39. The van der Waals surface area contributed by atoms with Crippen molar-refractivity contribution in [3.05, 3.63) is 35.7 Å². The third kappa shape index (κ3) is 3.23. The molecule has 0 aliphatic heterocycles. The predicted octanol–water partition coefficient (Wildman–Crippen LogP) is 4.64. The molecule has 0 bridgehead atoms. The minimum atomic E-state index is 0.718. The lowest BCUT2D eigenvalue weighted by atomic mass is 9.68. The normalized spacial score (nSPS) is 28.7. The quantitative estimate of drug-likeness (QED) is 0.896. The van der Waals surface area contributed by atoms with Gasteiger partial charge in [-0.2, -0.15) is 5.10 Å². The average molecular weight is 297 g/mol. The Morgan fingerprint density at radius 3 is 2.32 bits per heavy atom. The van der Waals surface area contributed by atoms with E-state index < -0.39 is 0 Å². The summed E-state index contributed by atoms with van der Waals surface area (Å²) in [5, 5.41) is 7.57. The minimum absolute atomic E-state index is 0.718. The van der Waals surface area contributed by atoms with Gasteiger partial charge in [-0.25, -0.2) is 4.98 Å². The third-order valence-electron chi connectivity index (χ3n) is 5.28. The van der Waals surface area contributed by atoms with E-state index >= 15 is 0 Å². The number of aromatic amines is 1. The monoisotopic (exact) mass is 297 g/mol. The molecule has 1 aliphatic carbocycles. The molecular formula is C19H27N3. The van der Waals surface area contributed by atoms with Crippen LogP contribution in [0.4, 0.5) is 0 Å². The summed E-state index contributed by atoms with van der Waals surface area (Å²) in [4.78, 5) is 4.73. The van der Waals surface area contributed by atoms with E-state index in [1.165, 1.54) is 18.4 Å². The molecule has 1 aromatic heterocycles. The lowest BCUT2D eigenvalue weighted by molar-refractivity contribution is 0.134. The van der Waals surface area contributed by atoms with Gasteiger partial charge in [-0.05, 0) is 43.4 Å². The summed E-state index contributed by atoms with van der Waals surface area (Å²) in [5.41, 5.74) is 2.35. The zero-order valence-electron chi connectivity index (χ0n) is 14.1. The molecule has 1 aliphatic rings. The van der Waals surface area contributed by atoms with Crippen LogP contribution < -0.4 is 0 Å². The summed E-state index contributed by atoms with van der Waals surface area (Å²) >= 11 is 0. The number of hydrogen-bond acceptors (Lipinski definition) is 2. The number of H-pyrrole nitrogens is 1. The van der Waals surface area contributed by atoms with Gasteiger partial charge in [-0.3, -0.25) is 5.10 Å². The van der Waals surface area contributed by atoms with Gasteiger partial charge in [-0.15, -0.1) is 0 Å². The molecule has 0 radical (unpaired) electrons. The van der Waals surface area contributed by atoms with Crippen molar-refractivity contribution in [2.75, 3.05) is 0 Å². The van der Waals surface area contributed by atoms with Crippen molar-refractivity contribution in [1.82, 2.24) is 15.2 Å². The summed E-state index contributed by atoms with van der Waals surface area (Å²) in [6, 6.07) is 8.40. The fourth-order valence-corrected chi connectivity index (χ4v) is 4.12. The van der Waals surface area contributed by atoms with Crippen LogP contribution in [0.1, 0.15) is 45.0 Å². The minimum Gasteiger partial charge on any atom is -0.263 e. The van der Waals surface area contributed by atoms with Gasteiger partial charge in [0.25, 0.3) is 0 Å². The number of nitrogens with one attached hydrogen (secondary N) is 1. The van der Waals surface area contributed by atoms with Crippen LogP contribution in [0.5, 0.6) is 0 Å². The molecule has 1 saturated carbocycles. The van der Waals surface area contributed by atoms with Crippen molar-refractivity contribution in [3.8, 4) is 11.4 Å². The molecule has 118 valence electrons. The molecule has 0 spiro atoms. The van der Waals surface area contributed by atoms with Gasteiger partial charge in [0.05, 0.1) is 0 Å². The van der Waals surface area contributed by atoms with Crippen molar-refractivity contribution in [3.63, 3.8) is 0 Å². The fraction of sp³-hybridized carbons (Fsp3) is 0.579. The Balaban J connectivity index is 1.73. The van der Waals surface area contributed by atoms with E-state index in [9.17, 15) is 0 Å². The second-order valence-corrected chi connectivity index (χ2v) is 7.37. The lowest BCUT2D eigenvalue weighted by Crippen LogP contribution is -2.30. The second kappa shape index (κ2) is 6.23. The number of hydrogen-bond donors (Lipinski definition) is 1. The first-order valence-corrected chi connectivity index (χ1v) is 8.51. The van der Waals surface area contributed by atoms with Crippen LogP contribution in [0.3, 0.4) is 0 Å². The van der Waals surface area contributed by atoms with E-state index in [1.54, 1.807) is 0 Å². The first-order valence-electron chi connectivity index (χ1n) is 8.51. The topological polar surface area (TPSA) is 41.6 Å². The summed E-state index contributed by atoms with van der Waals surface area (Å²) in [7, 11) is 0. The van der Waals surface area contributed by atoms with Crippen molar-refractivity contribution in [2.45, 2.75) is 47.0 Å². The van der Waals surface area contributed by atoms with Gasteiger partial charge < -0.3 is 0 Å². The molecule has 2 atom stereocenters. The zero-order valence-corrected chi connectivity index (χ0v) is 14.1. The molecule has 1 aromatic carbocycles. The largest absolute Gasteiger partial charge is 0.263 e. The van der Waals surface area contributed by atoms with E-state index in [2.05, 4.69) is 62.2 Å². The van der Waals surface area contributed by atoms with Crippen LogP contribution in [0.25, 0.3) is 11.4 Å². The molecule has 3 heteroatoms. The fourth-order valence-electron chi connectivity index (χ4n) is 4.12. The number of aromatic nitrogens is 3. The molecule has 2 unspecified atom stereocenters. The van der Waals surface area contributed by atoms with E-state index in [1.807, 2.05) is 0 Å². The van der Waals surface area contributed by atoms with Crippen LogP contribution in [-0.4, -0.2) is 15.2 Å². The van der Waals surface area contributed by atoms with Gasteiger partial charge in [0, 0.05) is 12.0 Å². The summed E-state index contributed by atoms with van der Waals surface area (Å²) in [5.74, 6) is 4.97. The van der Waals surface area contributed by atoms with E-state index in [0.29, 0.717) is 0 Å². The van der Waals surface area contributed by atoms with Crippen LogP contribution in [0.2, 0.25) is 0 Å².